The van der Waals surface area contributed by atoms with Crippen LogP contribution in [0, 0.1) is 0 Å². The lowest BCUT2D eigenvalue weighted by atomic mass is 10.2. The summed E-state index contributed by atoms with van der Waals surface area (Å²) in [6, 6.07) is 5.80. The van der Waals surface area contributed by atoms with Crippen molar-refractivity contribution in [3.8, 4) is 11.4 Å². The van der Waals surface area contributed by atoms with Crippen LogP contribution in [0.1, 0.15) is 24.4 Å². The van der Waals surface area contributed by atoms with Crippen LogP contribution in [0.2, 0.25) is 0 Å². The van der Waals surface area contributed by atoms with Gasteiger partial charge in [-0.2, -0.15) is 13.2 Å². The summed E-state index contributed by atoms with van der Waals surface area (Å²) in [5, 5.41) is 0. The summed E-state index contributed by atoms with van der Waals surface area (Å²) < 4.78 is 40.8. The van der Waals surface area contributed by atoms with Gasteiger partial charge in [0, 0.05) is 28.9 Å². The highest BCUT2D eigenvalue weighted by Crippen LogP contribution is 2.43. The van der Waals surface area contributed by atoms with Crippen molar-refractivity contribution in [1.29, 1.82) is 0 Å². The van der Waals surface area contributed by atoms with Gasteiger partial charge in [-0.3, -0.25) is 4.98 Å². The van der Waals surface area contributed by atoms with Crippen LogP contribution < -0.4 is 0 Å². The Kier molecular flexibility index (Phi) is 3.16. The van der Waals surface area contributed by atoms with Crippen molar-refractivity contribution in [3.05, 3.63) is 42.2 Å². The minimum atomic E-state index is -4.37. The molecule has 1 aliphatic carbocycles. The number of pyridine rings is 1. The predicted octanol–water partition coefficient (Wildman–Crippen LogP) is 4.74. The number of halogens is 3. The van der Waals surface area contributed by atoms with E-state index in [9.17, 15) is 13.2 Å². The van der Waals surface area contributed by atoms with E-state index in [0.29, 0.717) is 16.2 Å². The van der Waals surface area contributed by atoms with Crippen molar-refractivity contribution < 1.29 is 13.2 Å². The molecule has 0 amide bonds. The minimum absolute atomic E-state index is 0.285. The number of benzene rings is 1. The summed E-state index contributed by atoms with van der Waals surface area (Å²) >= 11 is 4.40. The van der Waals surface area contributed by atoms with E-state index in [-0.39, 0.29) is 6.04 Å². The minimum Gasteiger partial charge on any atom is -0.321 e. The molecule has 3 nitrogen and oxygen atoms in total. The average molecular weight is 335 g/mol. The van der Waals surface area contributed by atoms with E-state index in [1.54, 1.807) is 18.5 Å². The molecule has 3 aromatic rings. The van der Waals surface area contributed by atoms with Crippen molar-refractivity contribution in [1.82, 2.24) is 14.5 Å². The smallest absolute Gasteiger partial charge is 0.321 e. The fourth-order valence-corrected chi connectivity index (χ4v) is 2.98. The van der Waals surface area contributed by atoms with Crippen molar-refractivity contribution in [3.63, 3.8) is 0 Å². The van der Waals surface area contributed by atoms with Crippen LogP contribution in [-0.2, 0) is 6.18 Å². The Balaban J connectivity index is 1.97. The second-order valence-corrected chi connectivity index (χ2v) is 6.11. The molecule has 0 N–H and O–H groups in total. The van der Waals surface area contributed by atoms with Crippen LogP contribution in [0.5, 0.6) is 0 Å². The van der Waals surface area contributed by atoms with E-state index in [1.807, 2.05) is 4.57 Å². The molecule has 2 aromatic heterocycles. The van der Waals surface area contributed by atoms with Gasteiger partial charge < -0.3 is 4.57 Å². The van der Waals surface area contributed by atoms with Gasteiger partial charge in [0.05, 0.1) is 16.6 Å². The van der Waals surface area contributed by atoms with E-state index in [2.05, 4.69) is 22.6 Å². The highest BCUT2D eigenvalue weighted by atomic mass is 32.1. The Labute approximate surface area is 135 Å². The normalized spacial score (nSPS) is 15.3. The number of hydrogen-bond donors (Lipinski definition) is 1. The van der Waals surface area contributed by atoms with Crippen molar-refractivity contribution in [2.24, 2.45) is 0 Å². The molecule has 0 bridgehead atoms. The average Bonchev–Trinajstić information content (AvgIpc) is 3.26. The molecule has 4 rings (SSSR count). The van der Waals surface area contributed by atoms with Gasteiger partial charge in [0.2, 0.25) is 0 Å². The van der Waals surface area contributed by atoms with E-state index in [0.717, 1.165) is 36.1 Å². The standard InChI is InChI=1S/C16H12F3N3S/c17-16(18,19)9-1-4-13-12(7-9)21-15(22(13)10-2-3-10)11-5-6-20-8-14(11)23/h1,4-8,10,23H,2-3H2. The van der Waals surface area contributed by atoms with E-state index >= 15 is 0 Å². The Morgan fingerprint density at radius 3 is 2.61 bits per heavy atom. The summed E-state index contributed by atoms with van der Waals surface area (Å²) in [6.07, 6.45) is 0.880. The molecule has 0 aliphatic heterocycles. The van der Waals surface area contributed by atoms with Gasteiger partial charge in [-0.15, -0.1) is 12.6 Å². The SMILES string of the molecule is FC(F)(F)c1ccc2c(c1)nc(-c1ccncc1S)n2C1CC1. The molecule has 0 atom stereocenters. The van der Waals surface area contributed by atoms with Crippen LogP contribution in [0.3, 0.4) is 0 Å². The number of imidazole rings is 1. The van der Waals surface area contributed by atoms with Gasteiger partial charge in [0.25, 0.3) is 0 Å². The van der Waals surface area contributed by atoms with E-state index in [1.165, 1.54) is 6.07 Å². The van der Waals surface area contributed by atoms with Crippen molar-refractivity contribution in [2.75, 3.05) is 0 Å². The highest BCUT2D eigenvalue weighted by Gasteiger charge is 2.33. The second-order valence-electron chi connectivity index (χ2n) is 5.63. The molecule has 0 radical (unpaired) electrons. The molecule has 1 aliphatic rings. The van der Waals surface area contributed by atoms with Crippen LogP contribution in [0.25, 0.3) is 22.4 Å². The third kappa shape index (κ3) is 2.49. The molecule has 0 saturated heterocycles. The van der Waals surface area contributed by atoms with Crippen LogP contribution in [0.15, 0.2) is 41.6 Å². The number of fused-ring (bicyclic) bond motifs is 1. The maximum absolute atomic E-state index is 12.9. The molecular formula is C16H12F3N3S. The predicted molar refractivity (Wildman–Crippen MR) is 83.5 cm³/mol. The number of nitrogens with zero attached hydrogens (tertiary/aromatic N) is 3. The van der Waals surface area contributed by atoms with Crippen LogP contribution in [0.4, 0.5) is 13.2 Å². The largest absolute Gasteiger partial charge is 0.416 e. The van der Waals surface area contributed by atoms with E-state index in [4.69, 9.17) is 0 Å². The number of aromatic nitrogens is 3. The molecule has 0 spiro atoms. The molecule has 1 fully saturated rings. The molecule has 118 valence electrons. The van der Waals surface area contributed by atoms with Gasteiger partial charge in [0.1, 0.15) is 5.82 Å². The summed E-state index contributed by atoms with van der Waals surface area (Å²) in [7, 11) is 0. The first kappa shape index (κ1) is 14.6. The molecule has 1 aromatic carbocycles. The Bertz CT molecular complexity index is 897. The molecule has 1 saturated carbocycles. The first-order chi connectivity index (χ1) is 10.9. The highest BCUT2D eigenvalue weighted by molar-refractivity contribution is 7.80. The lowest BCUT2D eigenvalue weighted by Gasteiger charge is -2.09. The monoisotopic (exact) mass is 335 g/mol. The van der Waals surface area contributed by atoms with Crippen LogP contribution in [-0.4, -0.2) is 14.5 Å². The number of rotatable bonds is 2. The van der Waals surface area contributed by atoms with Gasteiger partial charge in [-0.05, 0) is 37.1 Å². The second kappa shape index (κ2) is 4.99. The summed E-state index contributed by atoms with van der Waals surface area (Å²) in [6.45, 7) is 0. The fourth-order valence-electron chi connectivity index (χ4n) is 2.74. The summed E-state index contributed by atoms with van der Waals surface area (Å²) in [5.41, 5.74) is 1.17. The first-order valence-corrected chi connectivity index (χ1v) is 7.62. The zero-order valence-corrected chi connectivity index (χ0v) is 12.8. The lowest BCUT2D eigenvalue weighted by Crippen LogP contribution is -2.04. The van der Waals surface area contributed by atoms with E-state index < -0.39 is 11.7 Å². The Morgan fingerprint density at radius 2 is 1.96 bits per heavy atom. The number of thiol groups is 1. The van der Waals surface area contributed by atoms with Gasteiger partial charge in [-0.1, -0.05) is 0 Å². The van der Waals surface area contributed by atoms with Gasteiger partial charge in [0.15, 0.2) is 0 Å². The van der Waals surface area contributed by atoms with Crippen molar-refractivity contribution in [2.45, 2.75) is 30.0 Å². The van der Waals surface area contributed by atoms with Gasteiger partial charge >= 0.3 is 6.18 Å². The quantitative estimate of drug-likeness (QED) is 0.686. The van der Waals surface area contributed by atoms with Gasteiger partial charge in [-0.25, -0.2) is 4.98 Å². The molecule has 0 unspecified atom stereocenters. The molecule has 7 heteroatoms. The summed E-state index contributed by atoms with van der Waals surface area (Å²) in [5.74, 6) is 0.647. The topological polar surface area (TPSA) is 30.7 Å². The zero-order valence-electron chi connectivity index (χ0n) is 11.9. The maximum atomic E-state index is 12.9. The van der Waals surface area contributed by atoms with Crippen LogP contribution >= 0.6 is 12.6 Å². The third-order valence-corrected chi connectivity index (χ3v) is 4.33. The molecular weight excluding hydrogens is 323 g/mol. The zero-order chi connectivity index (χ0) is 16.2. The summed E-state index contributed by atoms with van der Waals surface area (Å²) in [4.78, 5) is 9.12. The third-order valence-electron chi connectivity index (χ3n) is 3.97. The number of hydrogen-bond acceptors (Lipinski definition) is 3. The lowest BCUT2D eigenvalue weighted by molar-refractivity contribution is -0.137. The van der Waals surface area contributed by atoms with Crippen molar-refractivity contribution >= 4 is 23.7 Å². The molecule has 23 heavy (non-hydrogen) atoms. The Hall–Kier alpha value is -2.02. The maximum Gasteiger partial charge on any atom is 0.416 e. The Morgan fingerprint density at radius 1 is 1.17 bits per heavy atom. The number of alkyl halides is 3. The first-order valence-electron chi connectivity index (χ1n) is 7.17. The fraction of sp³-hybridized carbons (Fsp3) is 0.250. The molecule has 2 heterocycles.